The summed E-state index contributed by atoms with van der Waals surface area (Å²) in [7, 11) is 0. The zero-order valence-corrected chi connectivity index (χ0v) is 16.6. The average Bonchev–Trinajstić information content (AvgIpc) is 3.33. The minimum Gasteiger partial charge on any atom is -0.462 e. The van der Waals surface area contributed by atoms with Gasteiger partial charge in [0.15, 0.2) is 0 Å². The van der Waals surface area contributed by atoms with Crippen LogP contribution in [0.15, 0.2) is 36.7 Å². The second-order valence-electron chi connectivity index (χ2n) is 7.78. The number of rotatable bonds is 10. The van der Waals surface area contributed by atoms with Gasteiger partial charge in [-0.15, -0.1) is 0 Å². The Hall–Kier alpha value is -2.61. The standard InChI is InChI=1S/C23H29N3O2/c1-2-3-4-5-6-7-11-20-15-23(22(27)28-20,16-21-25-12-13-26-21)19-10-8-9-18(14-19)17-24/h8-10,12-14,20H,2-7,11,15-16H2,1H3,(H,25,26). The van der Waals surface area contributed by atoms with E-state index in [0.717, 1.165) is 24.2 Å². The van der Waals surface area contributed by atoms with E-state index in [1.165, 1.54) is 32.1 Å². The molecule has 1 aliphatic rings. The number of nitriles is 1. The minimum atomic E-state index is -0.780. The fraction of sp³-hybridized carbons (Fsp3) is 0.522. The zero-order valence-electron chi connectivity index (χ0n) is 16.6. The number of ether oxygens (including phenoxy) is 1. The Balaban J connectivity index is 1.74. The van der Waals surface area contributed by atoms with E-state index in [0.29, 0.717) is 18.4 Å². The van der Waals surface area contributed by atoms with E-state index in [1.807, 2.05) is 18.2 Å². The highest BCUT2D eigenvalue weighted by Crippen LogP contribution is 2.41. The molecule has 0 radical (unpaired) electrons. The molecule has 0 saturated carbocycles. The Morgan fingerprint density at radius 3 is 2.86 bits per heavy atom. The second-order valence-corrected chi connectivity index (χ2v) is 7.78. The van der Waals surface area contributed by atoms with Gasteiger partial charge in [-0.25, -0.2) is 4.98 Å². The average molecular weight is 380 g/mol. The summed E-state index contributed by atoms with van der Waals surface area (Å²) in [6, 6.07) is 9.52. The van der Waals surface area contributed by atoms with Crippen molar-refractivity contribution < 1.29 is 9.53 Å². The van der Waals surface area contributed by atoms with Crippen molar-refractivity contribution in [2.24, 2.45) is 0 Å². The molecule has 1 fully saturated rings. The van der Waals surface area contributed by atoms with Gasteiger partial charge in [-0.1, -0.05) is 51.2 Å². The molecule has 1 N–H and O–H groups in total. The van der Waals surface area contributed by atoms with Crippen LogP contribution in [-0.2, 0) is 21.4 Å². The molecule has 1 aromatic carbocycles. The minimum absolute atomic E-state index is 0.0700. The summed E-state index contributed by atoms with van der Waals surface area (Å²) in [6.45, 7) is 2.22. The maximum Gasteiger partial charge on any atom is 0.317 e. The van der Waals surface area contributed by atoms with Gasteiger partial charge in [-0.3, -0.25) is 4.79 Å². The van der Waals surface area contributed by atoms with Crippen LogP contribution in [0.3, 0.4) is 0 Å². The van der Waals surface area contributed by atoms with Crippen molar-refractivity contribution in [3.8, 4) is 6.07 Å². The molecule has 0 aliphatic carbocycles. The fourth-order valence-electron chi connectivity index (χ4n) is 4.14. The number of H-pyrrole nitrogens is 1. The van der Waals surface area contributed by atoms with Crippen molar-refractivity contribution in [3.63, 3.8) is 0 Å². The number of nitrogens with zero attached hydrogens (tertiary/aromatic N) is 2. The topological polar surface area (TPSA) is 78.8 Å². The molecule has 148 valence electrons. The van der Waals surface area contributed by atoms with Crippen molar-refractivity contribution in [1.29, 1.82) is 5.26 Å². The highest BCUT2D eigenvalue weighted by Gasteiger charge is 2.50. The highest BCUT2D eigenvalue weighted by molar-refractivity contribution is 5.86. The summed E-state index contributed by atoms with van der Waals surface area (Å²) in [5.41, 5.74) is 0.624. The fourth-order valence-corrected chi connectivity index (χ4v) is 4.14. The van der Waals surface area contributed by atoms with Gasteiger partial charge in [-0.2, -0.15) is 5.26 Å². The molecule has 28 heavy (non-hydrogen) atoms. The first kappa shape index (κ1) is 20.1. The van der Waals surface area contributed by atoms with Crippen LogP contribution in [0.2, 0.25) is 0 Å². The monoisotopic (exact) mass is 379 g/mol. The number of carbonyl (C=O) groups excluding carboxylic acids is 1. The molecule has 1 aliphatic heterocycles. The van der Waals surface area contributed by atoms with E-state index in [9.17, 15) is 10.1 Å². The van der Waals surface area contributed by atoms with Crippen molar-refractivity contribution in [2.45, 2.75) is 76.2 Å². The van der Waals surface area contributed by atoms with Crippen LogP contribution in [-0.4, -0.2) is 22.0 Å². The lowest BCUT2D eigenvalue weighted by Gasteiger charge is -2.24. The number of esters is 1. The molecule has 3 rings (SSSR count). The van der Waals surface area contributed by atoms with Gasteiger partial charge in [0.2, 0.25) is 0 Å². The van der Waals surface area contributed by atoms with Crippen LogP contribution in [0.1, 0.15) is 75.2 Å². The van der Waals surface area contributed by atoms with Gasteiger partial charge in [0.25, 0.3) is 0 Å². The molecular weight excluding hydrogens is 350 g/mol. The summed E-state index contributed by atoms with van der Waals surface area (Å²) in [6.07, 6.45) is 12.7. The van der Waals surface area contributed by atoms with Gasteiger partial charge in [0.1, 0.15) is 17.3 Å². The Labute approximate surface area is 167 Å². The number of aromatic nitrogens is 2. The first-order chi connectivity index (χ1) is 13.7. The molecular formula is C23H29N3O2. The maximum absolute atomic E-state index is 13.1. The normalized spacial score (nSPS) is 21.4. The molecule has 2 atom stereocenters. The number of hydrogen-bond acceptors (Lipinski definition) is 4. The van der Waals surface area contributed by atoms with Crippen molar-refractivity contribution in [1.82, 2.24) is 9.97 Å². The highest BCUT2D eigenvalue weighted by atomic mass is 16.6. The molecule has 2 aromatic rings. The molecule has 0 bridgehead atoms. The Morgan fingerprint density at radius 2 is 2.11 bits per heavy atom. The van der Waals surface area contributed by atoms with Gasteiger partial charge in [0.05, 0.1) is 11.6 Å². The van der Waals surface area contributed by atoms with Crippen LogP contribution in [0.4, 0.5) is 0 Å². The molecule has 0 spiro atoms. The van der Waals surface area contributed by atoms with Crippen LogP contribution < -0.4 is 0 Å². The largest absolute Gasteiger partial charge is 0.462 e. The van der Waals surface area contributed by atoms with Crippen LogP contribution in [0, 0.1) is 11.3 Å². The number of cyclic esters (lactones) is 1. The van der Waals surface area contributed by atoms with E-state index >= 15 is 0 Å². The summed E-state index contributed by atoms with van der Waals surface area (Å²) in [4.78, 5) is 20.5. The number of unbranched alkanes of at least 4 members (excludes halogenated alkanes) is 5. The molecule has 0 amide bonds. The first-order valence-corrected chi connectivity index (χ1v) is 10.4. The Bertz CT molecular complexity index is 810. The van der Waals surface area contributed by atoms with E-state index in [1.54, 1.807) is 18.5 Å². The lowest BCUT2D eigenvalue weighted by Crippen LogP contribution is -2.34. The van der Waals surface area contributed by atoms with Gasteiger partial charge >= 0.3 is 5.97 Å². The number of benzene rings is 1. The third-order valence-corrected chi connectivity index (χ3v) is 5.69. The van der Waals surface area contributed by atoms with Crippen LogP contribution in [0.25, 0.3) is 0 Å². The number of nitrogens with one attached hydrogen (secondary N) is 1. The van der Waals surface area contributed by atoms with Crippen LogP contribution >= 0.6 is 0 Å². The van der Waals surface area contributed by atoms with E-state index in [-0.39, 0.29) is 12.1 Å². The van der Waals surface area contributed by atoms with Crippen molar-refractivity contribution in [2.75, 3.05) is 0 Å². The zero-order chi connectivity index (χ0) is 19.8. The second kappa shape index (κ2) is 9.54. The molecule has 5 heteroatoms. The molecule has 1 saturated heterocycles. The third-order valence-electron chi connectivity index (χ3n) is 5.69. The van der Waals surface area contributed by atoms with Crippen molar-refractivity contribution in [3.05, 3.63) is 53.6 Å². The molecule has 1 aromatic heterocycles. The summed E-state index contributed by atoms with van der Waals surface area (Å²) < 4.78 is 5.82. The number of imidazole rings is 1. The predicted molar refractivity (Wildman–Crippen MR) is 108 cm³/mol. The lowest BCUT2D eigenvalue weighted by molar-refractivity contribution is -0.145. The quantitative estimate of drug-likeness (QED) is 0.474. The Kier molecular flexibility index (Phi) is 6.86. The lowest BCUT2D eigenvalue weighted by atomic mass is 9.74. The van der Waals surface area contributed by atoms with Gasteiger partial charge in [-0.05, 0) is 30.5 Å². The summed E-state index contributed by atoms with van der Waals surface area (Å²) >= 11 is 0. The van der Waals surface area contributed by atoms with Gasteiger partial charge in [0, 0.05) is 25.2 Å². The number of hydrogen-bond donors (Lipinski definition) is 1. The third kappa shape index (κ3) is 4.62. The molecule has 2 heterocycles. The van der Waals surface area contributed by atoms with Crippen molar-refractivity contribution >= 4 is 5.97 Å². The SMILES string of the molecule is CCCCCCCCC1CC(Cc2ncc[nH]2)(c2cccc(C#N)c2)C(=O)O1. The van der Waals surface area contributed by atoms with E-state index in [4.69, 9.17) is 4.74 Å². The Morgan fingerprint density at radius 1 is 1.29 bits per heavy atom. The maximum atomic E-state index is 13.1. The van der Waals surface area contributed by atoms with Gasteiger partial charge < -0.3 is 9.72 Å². The number of carbonyl (C=O) groups is 1. The molecule has 5 nitrogen and oxygen atoms in total. The summed E-state index contributed by atoms with van der Waals surface area (Å²) in [5, 5.41) is 9.28. The predicted octanol–water partition coefficient (Wildman–Crippen LogP) is 4.83. The summed E-state index contributed by atoms with van der Waals surface area (Å²) in [5.74, 6) is 0.564. The first-order valence-electron chi connectivity index (χ1n) is 10.4. The number of aromatic amines is 1. The molecule has 2 unspecified atom stereocenters. The van der Waals surface area contributed by atoms with Crippen LogP contribution in [0.5, 0.6) is 0 Å². The van der Waals surface area contributed by atoms with E-state index < -0.39 is 5.41 Å². The smallest absolute Gasteiger partial charge is 0.317 e. The van der Waals surface area contributed by atoms with E-state index in [2.05, 4.69) is 23.0 Å².